The maximum absolute atomic E-state index is 13.5. The summed E-state index contributed by atoms with van der Waals surface area (Å²) in [5, 5.41) is 0.235. The standard InChI is InChI=1S/C26H36ClFO2/c1-5-9-12-14-19-29-24(8-4)26(21(15-11-7-3)16-13-10-6-2)30-25-18-17-22(28)20-23(25)27/h7-8,11,15-18,20,26H,3,5-6,9-10,12-14,19H2,1-2,4H3/b15-11-,21-16+,24-8-. The first kappa shape index (κ1) is 26.0. The fourth-order valence-electron chi connectivity index (χ4n) is 2.93. The maximum atomic E-state index is 13.5. The monoisotopic (exact) mass is 434 g/mol. The number of hydrogen-bond donors (Lipinski definition) is 0. The molecule has 1 unspecified atom stereocenters. The van der Waals surface area contributed by atoms with E-state index in [1.165, 1.54) is 25.0 Å². The number of benzene rings is 1. The Kier molecular flexibility index (Phi) is 13.7. The van der Waals surface area contributed by atoms with Crippen LogP contribution in [0.3, 0.4) is 0 Å². The minimum atomic E-state index is -0.475. The minimum Gasteiger partial charge on any atom is -0.494 e. The predicted molar refractivity (Wildman–Crippen MR) is 127 cm³/mol. The van der Waals surface area contributed by atoms with Crippen LogP contribution in [0.15, 0.2) is 66.5 Å². The Morgan fingerprint density at radius 3 is 2.57 bits per heavy atom. The van der Waals surface area contributed by atoms with Gasteiger partial charge in [-0.2, -0.15) is 0 Å². The summed E-state index contributed by atoms with van der Waals surface area (Å²) in [6.45, 7) is 10.7. The average molecular weight is 435 g/mol. The number of unbranched alkanes of at least 4 members (excludes halogenated alkanes) is 5. The van der Waals surface area contributed by atoms with Crippen molar-refractivity contribution in [2.45, 2.75) is 71.8 Å². The van der Waals surface area contributed by atoms with Crippen LogP contribution in [0.5, 0.6) is 5.75 Å². The normalized spacial score (nSPS) is 13.5. The van der Waals surface area contributed by atoms with Gasteiger partial charge in [0.15, 0.2) is 6.10 Å². The summed E-state index contributed by atoms with van der Waals surface area (Å²) in [4.78, 5) is 0. The van der Waals surface area contributed by atoms with Gasteiger partial charge in [-0.25, -0.2) is 4.39 Å². The van der Waals surface area contributed by atoms with Gasteiger partial charge in [-0.3, -0.25) is 0 Å². The molecule has 0 amide bonds. The van der Waals surface area contributed by atoms with Crippen molar-refractivity contribution in [1.82, 2.24) is 0 Å². The van der Waals surface area contributed by atoms with Gasteiger partial charge < -0.3 is 9.47 Å². The molecule has 1 atom stereocenters. The van der Waals surface area contributed by atoms with Crippen molar-refractivity contribution >= 4 is 11.6 Å². The summed E-state index contributed by atoms with van der Waals surface area (Å²) in [5.74, 6) is 0.751. The van der Waals surface area contributed by atoms with Gasteiger partial charge >= 0.3 is 0 Å². The third-order valence-corrected chi connectivity index (χ3v) is 4.91. The second-order valence-electron chi connectivity index (χ2n) is 7.11. The summed E-state index contributed by atoms with van der Waals surface area (Å²) < 4.78 is 25.9. The molecule has 0 heterocycles. The Morgan fingerprint density at radius 2 is 1.93 bits per heavy atom. The molecule has 0 radical (unpaired) electrons. The SMILES string of the molecule is C=C/C=C\C(=C/CCCC)C(Oc1ccc(F)cc1Cl)/C(=C/C)OCCCCCC. The predicted octanol–water partition coefficient (Wildman–Crippen LogP) is 8.59. The molecule has 0 N–H and O–H groups in total. The van der Waals surface area contributed by atoms with Crippen molar-refractivity contribution in [3.63, 3.8) is 0 Å². The highest BCUT2D eigenvalue weighted by Gasteiger charge is 2.22. The van der Waals surface area contributed by atoms with Crippen LogP contribution in [0.1, 0.15) is 65.7 Å². The van der Waals surface area contributed by atoms with E-state index < -0.39 is 11.9 Å². The summed E-state index contributed by atoms with van der Waals surface area (Å²) in [7, 11) is 0. The quantitative estimate of drug-likeness (QED) is 0.156. The number of rotatable bonds is 15. The molecule has 0 fully saturated rings. The first-order chi connectivity index (χ1) is 14.6. The van der Waals surface area contributed by atoms with E-state index in [2.05, 4.69) is 26.5 Å². The van der Waals surface area contributed by atoms with E-state index in [0.717, 1.165) is 43.4 Å². The molecule has 0 saturated carbocycles. The smallest absolute Gasteiger partial charge is 0.180 e. The van der Waals surface area contributed by atoms with E-state index in [4.69, 9.17) is 21.1 Å². The molecular formula is C26H36ClFO2. The first-order valence-electron chi connectivity index (χ1n) is 11.0. The lowest BCUT2D eigenvalue weighted by molar-refractivity contribution is 0.132. The lowest BCUT2D eigenvalue weighted by atomic mass is 10.0. The maximum Gasteiger partial charge on any atom is 0.180 e. The van der Waals surface area contributed by atoms with Crippen LogP contribution in [0.25, 0.3) is 0 Å². The van der Waals surface area contributed by atoms with E-state index in [9.17, 15) is 4.39 Å². The van der Waals surface area contributed by atoms with Gasteiger partial charge in [0.2, 0.25) is 0 Å². The first-order valence-corrected chi connectivity index (χ1v) is 11.3. The van der Waals surface area contributed by atoms with E-state index in [0.29, 0.717) is 12.4 Å². The molecule has 0 saturated heterocycles. The Balaban J connectivity index is 3.17. The molecule has 0 spiro atoms. The summed E-state index contributed by atoms with van der Waals surface area (Å²) in [6.07, 6.45) is 16.8. The van der Waals surface area contributed by atoms with Crippen LogP contribution in [-0.2, 0) is 4.74 Å². The van der Waals surface area contributed by atoms with Crippen LogP contribution >= 0.6 is 11.6 Å². The van der Waals surface area contributed by atoms with Crippen LogP contribution < -0.4 is 4.74 Å². The molecule has 30 heavy (non-hydrogen) atoms. The molecule has 1 rings (SSSR count). The van der Waals surface area contributed by atoms with E-state index in [-0.39, 0.29) is 5.02 Å². The van der Waals surface area contributed by atoms with Crippen molar-refractivity contribution in [3.05, 3.63) is 77.3 Å². The Morgan fingerprint density at radius 1 is 1.17 bits per heavy atom. The lowest BCUT2D eigenvalue weighted by Gasteiger charge is -2.24. The molecule has 0 aromatic heterocycles. The molecule has 0 bridgehead atoms. The van der Waals surface area contributed by atoms with Crippen LogP contribution in [0.2, 0.25) is 5.02 Å². The highest BCUT2D eigenvalue weighted by Crippen LogP contribution is 2.30. The largest absolute Gasteiger partial charge is 0.494 e. The molecule has 1 aromatic rings. The molecule has 2 nitrogen and oxygen atoms in total. The zero-order valence-corrected chi connectivity index (χ0v) is 19.4. The molecule has 166 valence electrons. The highest BCUT2D eigenvalue weighted by molar-refractivity contribution is 6.32. The van der Waals surface area contributed by atoms with Crippen LogP contribution in [0.4, 0.5) is 4.39 Å². The molecule has 0 aliphatic rings. The second-order valence-corrected chi connectivity index (χ2v) is 7.52. The molecule has 0 aliphatic heterocycles. The fraction of sp³-hybridized carbons (Fsp3) is 0.462. The topological polar surface area (TPSA) is 18.5 Å². The molecular weight excluding hydrogens is 399 g/mol. The van der Waals surface area contributed by atoms with Crippen molar-refractivity contribution in [3.8, 4) is 5.75 Å². The van der Waals surface area contributed by atoms with Gasteiger partial charge in [0.05, 0.1) is 11.6 Å². The van der Waals surface area contributed by atoms with E-state index >= 15 is 0 Å². The van der Waals surface area contributed by atoms with Crippen LogP contribution in [-0.4, -0.2) is 12.7 Å². The summed E-state index contributed by atoms with van der Waals surface area (Å²) >= 11 is 6.24. The van der Waals surface area contributed by atoms with Gasteiger partial charge in [0, 0.05) is 0 Å². The van der Waals surface area contributed by atoms with E-state index in [1.54, 1.807) is 12.1 Å². The third-order valence-electron chi connectivity index (χ3n) is 4.61. The third kappa shape index (κ3) is 9.67. The van der Waals surface area contributed by atoms with Gasteiger partial charge in [0.1, 0.15) is 17.3 Å². The zero-order chi connectivity index (χ0) is 22.2. The molecule has 0 aliphatic carbocycles. The Bertz CT molecular complexity index is 722. The van der Waals surface area contributed by atoms with Gasteiger partial charge in [0.25, 0.3) is 0 Å². The van der Waals surface area contributed by atoms with Gasteiger partial charge in [-0.1, -0.05) is 88.4 Å². The van der Waals surface area contributed by atoms with Crippen molar-refractivity contribution in [2.24, 2.45) is 0 Å². The number of hydrogen-bond acceptors (Lipinski definition) is 2. The van der Waals surface area contributed by atoms with Crippen LogP contribution in [0, 0.1) is 5.82 Å². The van der Waals surface area contributed by atoms with E-state index in [1.807, 2.05) is 25.2 Å². The van der Waals surface area contributed by atoms with Crippen molar-refractivity contribution < 1.29 is 13.9 Å². The minimum absolute atomic E-state index is 0.235. The molecule has 4 heteroatoms. The Labute approximate surface area is 187 Å². The summed E-state index contributed by atoms with van der Waals surface area (Å²) in [5.41, 5.74) is 0.963. The lowest BCUT2D eigenvalue weighted by Crippen LogP contribution is -2.24. The van der Waals surface area contributed by atoms with Gasteiger partial charge in [-0.15, -0.1) is 0 Å². The van der Waals surface area contributed by atoms with Crippen molar-refractivity contribution in [2.75, 3.05) is 6.61 Å². The zero-order valence-electron chi connectivity index (χ0n) is 18.6. The highest BCUT2D eigenvalue weighted by atomic mass is 35.5. The number of halogens is 2. The fourth-order valence-corrected chi connectivity index (χ4v) is 3.14. The molecule has 1 aromatic carbocycles. The summed E-state index contributed by atoms with van der Waals surface area (Å²) in [6, 6.07) is 4.16. The number of ether oxygens (including phenoxy) is 2. The van der Waals surface area contributed by atoms with Crippen molar-refractivity contribution in [1.29, 1.82) is 0 Å². The average Bonchev–Trinajstić information content (AvgIpc) is 2.73. The Hall–Kier alpha value is -2.00. The van der Waals surface area contributed by atoms with Gasteiger partial charge in [-0.05, 0) is 49.6 Å². The number of allylic oxidation sites excluding steroid dienone is 4. The second kappa shape index (κ2) is 15.8.